The van der Waals surface area contributed by atoms with Gasteiger partial charge in [-0.05, 0) is 29.3 Å². The van der Waals surface area contributed by atoms with Gasteiger partial charge in [-0.25, -0.2) is 8.78 Å². The Morgan fingerprint density at radius 1 is 1.00 bits per heavy atom. The zero-order valence-electron chi connectivity index (χ0n) is 15.5. The van der Waals surface area contributed by atoms with Crippen LogP contribution in [-0.2, 0) is 4.74 Å². The molecule has 1 aliphatic heterocycles. The molecule has 30 heavy (non-hydrogen) atoms. The summed E-state index contributed by atoms with van der Waals surface area (Å²) < 4.78 is 72.5. The summed E-state index contributed by atoms with van der Waals surface area (Å²) >= 11 is 1.02. The number of allylic oxidation sites excluding steroid dienone is 2. The summed E-state index contributed by atoms with van der Waals surface area (Å²) in [6.07, 6.45) is -0.364. The minimum atomic E-state index is -4.89. The third kappa shape index (κ3) is 4.20. The van der Waals surface area contributed by atoms with Gasteiger partial charge in [-0.2, -0.15) is 0 Å². The first-order valence-electron chi connectivity index (χ1n) is 9.14. The lowest BCUT2D eigenvalue weighted by Gasteiger charge is -2.36. The molecule has 0 aromatic heterocycles. The Morgan fingerprint density at radius 3 is 2.30 bits per heavy atom. The van der Waals surface area contributed by atoms with Gasteiger partial charge in [-0.3, -0.25) is 9.73 Å². The predicted octanol–water partition coefficient (Wildman–Crippen LogP) is 6.15. The number of aliphatic imine (C=N–C) groups is 1. The van der Waals surface area contributed by atoms with Crippen LogP contribution >= 0.6 is 11.8 Å². The maximum absolute atomic E-state index is 14.1. The van der Waals surface area contributed by atoms with Crippen LogP contribution < -0.4 is 0 Å². The van der Waals surface area contributed by atoms with Crippen molar-refractivity contribution in [1.82, 2.24) is 0 Å². The fraction of sp³-hybridized carbons (Fsp3) is 0.227. The highest BCUT2D eigenvalue weighted by Crippen LogP contribution is 2.42. The Hall–Kier alpha value is -2.45. The predicted molar refractivity (Wildman–Crippen MR) is 107 cm³/mol. The van der Waals surface area contributed by atoms with Crippen LogP contribution in [0.2, 0.25) is 0 Å². The molecule has 0 bridgehead atoms. The van der Waals surface area contributed by atoms with Crippen molar-refractivity contribution in [1.29, 1.82) is 0 Å². The fourth-order valence-electron chi connectivity index (χ4n) is 3.55. The number of hydrogen-bond donors (Lipinski definition) is 0. The van der Waals surface area contributed by atoms with Crippen molar-refractivity contribution < 1.29 is 26.7 Å². The molecule has 0 saturated heterocycles. The Kier molecular flexibility index (Phi) is 5.55. The molecular formula is C22H16F5NOS. The van der Waals surface area contributed by atoms with Crippen LogP contribution in [0.3, 0.4) is 0 Å². The lowest BCUT2D eigenvalue weighted by molar-refractivity contribution is -0.360. The molecule has 2 aromatic rings. The van der Waals surface area contributed by atoms with Gasteiger partial charge in [0.25, 0.3) is 0 Å². The molecule has 1 heterocycles. The number of hydrogen-bond acceptors (Lipinski definition) is 3. The summed E-state index contributed by atoms with van der Waals surface area (Å²) in [7, 11) is 0. The van der Waals surface area contributed by atoms with Crippen LogP contribution in [-0.4, -0.2) is 28.8 Å². The first-order valence-corrected chi connectivity index (χ1v) is 10.1. The van der Waals surface area contributed by atoms with E-state index in [1.54, 1.807) is 12.2 Å². The normalized spacial score (nSPS) is 24.0. The second-order valence-corrected chi connectivity index (χ2v) is 7.93. The second-order valence-electron chi connectivity index (χ2n) is 6.92. The molecule has 0 radical (unpaired) electrons. The van der Waals surface area contributed by atoms with E-state index in [4.69, 9.17) is 0 Å². The smallest absolute Gasteiger partial charge is 0.278 e. The summed E-state index contributed by atoms with van der Waals surface area (Å²) in [4.78, 5) is 4.25. The maximum Gasteiger partial charge on any atom is 0.523 e. The van der Waals surface area contributed by atoms with E-state index in [9.17, 15) is 22.0 Å². The van der Waals surface area contributed by atoms with Crippen molar-refractivity contribution in [2.45, 2.75) is 24.4 Å². The Balaban J connectivity index is 1.67. The Morgan fingerprint density at radius 2 is 1.70 bits per heavy atom. The minimum Gasteiger partial charge on any atom is -0.278 e. The van der Waals surface area contributed by atoms with Crippen molar-refractivity contribution in [3.63, 3.8) is 0 Å². The van der Waals surface area contributed by atoms with Gasteiger partial charge in [0, 0.05) is 12.2 Å². The van der Waals surface area contributed by atoms with Crippen molar-refractivity contribution >= 4 is 22.4 Å². The van der Waals surface area contributed by atoms with E-state index in [1.165, 1.54) is 12.1 Å². The van der Waals surface area contributed by atoms with Crippen molar-refractivity contribution in [2.75, 3.05) is 5.75 Å². The van der Waals surface area contributed by atoms with E-state index in [2.05, 4.69) is 9.73 Å². The molecule has 2 unspecified atom stereocenters. The van der Waals surface area contributed by atoms with E-state index in [-0.39, 0.29) is 22.8 Å². The third-order valence-electron chi connectivity index (χ3n) is 4.99. The molecule has 2 aliphatic rings. The van der Waals surface area contributed by atoms with Gasteiger partial charge >= 0.3 is 6.36 Å². The van der Waals surface area contributed by atoms with Crippen LogP contribution in [0.15, 0.2) is 71.8 Å². The zero-order chi connectivity index (χ0) is 21.4. The van der Waals surface area contributed by atoms with Crippen LogP contribution in [0.25, 0.3) is 5.57 Å². The van der Waals surface area contributed by atoms with Crippen molar-refractivity contribution in [3.05, 3.63) is 89.5 Å². The summed E-state index contributed by atoms with van der Waals surface area (Å²) in [5, 5.41) is 0.0342. The number of halogens is 5. The molecule has 8 heteroatoms. The molecular weight excluding hydrogens is 421 g/mol. The van der Waals surface area contributed by atoms with Crippen LogP contribution in [0.1, 0.15) is 17.5 Å². The SMILES string of the molecule is Fc1cccc(F)c1C1=NC(C2(OC(F)(F)F)C=CC(c3ccccc3)=CC2)CS1. The number of alkyl halides is 3. The van der Waals surface area contributed by atoms with Gasteiger partial charge < -0.3 is 0 Å². The number of ether oxygens (including phenoxy) is 1. The molecule has 2 nitrogen and oxygen atoms in total. The molecule has 0 amide bonds. The number of nitrogens with zero attached hydrogens (tertiary/aromatic N) is 1. The minimum absolute atomic E-state index is 0.0342. The van der Waals surface area contributed by atoms with Crippen molar-refractivity contribution in [2.24, 2.45) is 4.99 Å². The Bertz CT molecular complexity index is 1010. The first-order chi connectivity index (χ1) is 14.3. The third-order valence-corrected chi connectivity index (χ3v) is 6.06. The highest BCUT2D eigenvalue weighted by atomic mass is 32.2. The fourth-order valence-corrected chi connectivity index (χ4v) is 4.76. The standard InChI is InChI=1S/C22H16F5NOS/c23-16-7-4-8-17(24)19(16)20-28-18(13-30-20)21(29-22(25,26)27)11-9-15(10-12-21)14-5-2-1-3-6-14/h1-11,18H,12-13H2. The van der Waals surface area contributed by atoms with E-state index >= 15 is 0 Å². The van der Waals surface area contributed by atoms with Crippen LogP contribution in [0, 0.1) is 11.6 Å². The number of rotatable bonds is 4. The highest BCUT2D eigenvalue weighted by Gasteiger charge is 2.49. The maximum atomic E-state index is 14.1. The Labute approximate surface area is 174 Å². The lowest BCUT2D eigenvalue weighted by atomic mass is 9.84. The summed E-state index contributed by atoms with van der Waals surface area (Å²) in [6, 6.07) is 11.7. The molecule has 0 spiro atoms. The van der Waals surface area contributed by atoms with Gasteiger partial charge in [0.2, 0.25) is 0 Å². The van der Waals surface area contributed by atoms with Gasteiger partial charge in [0.05, 0.1) is 11.6 Å². The van der Waals surface area contributed by atoms with E-state index in [0.717, 1.165) is 35.0 Å². The average Bonchev–Trinajstić information content (AvgIpc) is 3.18. The lowest BCUT2D eigenvalue weighted by Crippen LogP contribution is -2.47. The summed E-state index contributed by atoms with van der Waals surface area (Å²) in [5.74, 6) is -1.51. The second kappa shape index (κ2) is 8.00. The van der Waals surface area contributed by atoms with E-state index in [1.807, 2.05) is 30.3 Å². The quantitative estimate of drug-likeness (QED) is 0.536. The molecule has 0 saturated carbocycles. The monoisotopic (exact) mass is 437 g/mol. The number of thioether (sulfide) groups is 1. The summed E-state index contributed by atoms with van der Waals surface area (Å²) in [6.45, 7) is 0. The van der Waals surface area contributed by atoms with E-state index < -0.39 is 29.6 Å². The van der Waals surface area contributed by atoms with Gasteiger partial charge in [0.1, 0.15) is 22.3 Å². The average molecular weight is 437 g/mol. The van der Waals surface area contributed by atoms with Crippen molar-refractivity contribution in [3.8, 4) is 0 Å². The molecule has 0 N–H and O–H groups in total. The van der Waals surface area contributed by atoms with Gasteiger partial charge in [-0.1, -0.05) is 48.6 Å². The molecule has 156 valence electrons. The topological polar surface area (TPSA) is 21.6 Å². The van der Waals surface area contributed by atoms with Gasteiger partial charge in [0.15, 0.2) is 0 Å². The molecule has 2 atom stereocenters. The van der Waals surface area contributed by atoms with Crippen LogP contribution in [0.5, 0.6) is 0 Å². The molecule has 4 rings (SSSR count). The highest BCUT2D eigenvalue weighted by molar-refractivity contribution is 8.14. The van der Waals surface area contributed by atoms with Gasteiger partial charge in [-0.15, -0.1) is 24.9 Å². The molecule has 0 fully saturated rings. The number of benzene rings is 2. The zero-order valence-corrected chi connectivity index (χ0v) is 16.3. The first kappa shape index (κ1) is 20.8. The summed E-state index contributed by atoms with van der Waals surface area (Å²) in [5.41, 5.74) is -0.472. The molecule has 1 aliphatic carbocycles. The van der Waals surface area contributed by atoms with Crippen LogP contribution in [0.4, 0.5) is 22.0 Å². The molecule has 2 aromatic carbocycles. The van der Waals surface area contributed by atoms with E-state index in [0.29, 0.717) is 0 Å². The largest absolute Gasteiger partial charge is 0.523 e.